The number of rotatable bonds is 5. The summed E-state index contributed by atoms with van der Waals surface area (Å²) in [7, 11) is 0. The van der Waals surface area contributed by atoms with Gasteiger partial charge in [0.05, 0.1) is 11.7 Å². The Morgan fingerprint density at radius 2 is 2.20 bits per heavy atom. The van der Waals surface area contributed by atoms with Gasteiger partial charge in [-0.25, -0.2) is 0 Å². The van der Waals surface area contributed by atoms with Gasteiger partial charge in [0, 0.05) is 13.0 Å². The molecule has 0 bridgehead atoms. The minimum Gasteiger partial charge on any atom is -0.390 e. The van der Waals surface area contributed by atoms with E-state index in [1.165, 1.54) is 6.42 Å². The summed E-state index contributed by atoms with van der Waals surface area (Å²) in [6, 6.07) is 0. The molecule has 2 unspecified atom stereocenters. The molecular formula is C13H26O2. The average Bonchev–Trinajstić information content (AvgIpc) is 2.16. The Kier molecular flexibility index (Phi) is 5.07. The Balaban J connectivity index is 2.30. The Bertz CT molecular complexity index is 179. The molecule has 1 aliphatic heterocycles. The normalized spacial score (nSPS) is 32.2. The van der Waals surface area contributed by atoms with Gasteiger partial charge in [-0.05, 0) is 25.2 Å². The summed E-state index contributed by atoms with van der Waals surface area (Å²) >= 11 is 0. The lowest BCUT2D eigenvalue weighted by Gasteiger charge is -2.36. The van der Waals surface area contributed by atoms with E-state index in [2.05, 4.69) is 20.8 Å². The highest BCUT2D eigenvalue weighted by Gasteiger charge is 2.33. The van der Waals surface area contributed by atoms with E-state index in [9.17, 15) is 5.11 Å². The highest BCUT2D eigenvalue weighted by molar-refractivity contribution is 4.85. The molecule has 1 N–H and O–H groups in total. The van der Waals surface area contributed by atoms with Gasteiger partial charge in [0.1, 0.15) is 0 Å². The van der Waals surface area contributed by atoms with Crippen molar-refractivity contribution in [1.29, 1.82) is 0 Å². The zero-order valence-electron chi connectivity index (χ0n) is 10.5. The Morgan fingerprint density at radius 3 is 2.80 bits per heavy atom. The fourth-order valence-electron chi connectivity index (χ4n) is 2.33. The molecule has 0 radical (unpaired) electrons. The molecule has 0 spiro atoms. The van der Waals surface area contributed by atoms with Crippen molar-refractivity contribution in [2.24, 2.45) is 5.92 Å². The molecule has 0 aromatic heterocycles. The quantitative estimate of drug-likeness (QED) is 0.762. The largest absolute Gasteiger partial charge is 0.390 e. The third-order valence-corrected chi connectivity index (χ3v) is 3.41. The maximum Gasteiger partial charge on any atom is 0.0694 e. The van der Waals surface area contributed by atoms with E-state index >= 15 is 0 Å². The first-order chi connectivity index (χ1) is 7.06. The number of hydrogen-bond acceptors (Lipinski definition) is 2. The van der Waals surface area contributed by atoms with Crippen LogP contribution in [0.2, 0.25) is 0 Å². The number of hydrogen-bond donors (Lipinski definition) is 1. The summed E-state index contributed by atoms with van der Waals surface area (Å²) in [6.07, 6.45) is 6.27. The van der Waals surface area contributed by atoms with Crippen LogP contribution in [0.5, 0.6) is 0 Å². The van der Waals surface area contributed by atoms with Gasteiger partial charge in [0.25, 0.3) is 0 Å². The van der Waals surface area contributed by atoms with E-state index < -0.39 is 5.60 Å². The summed E-state index contributed by atoms with van der Waals surface area (Å²) in [6.45, 7) is 7.34. The monoisotopic (exact) mass is 214 g/mol. The van der Waals surface area contributed by atoms with Crippen LogP contribution in [0.4, 0.5) is 0 Å². The van der Waals surface area contributed by atoms with E-state index in [-0.39, 0.29) is 6.10 Å². The first-order valence-electron chi connectivity index (χ1n) is 6.40. The SMILES string of the molecule is CCC1CC(O)(CCCC(C)C)CCO1. The van der Waals surface area contributed by atoms with Crippen molar-refractivity contribution in [2.75, 3.05) is 6.61 Å². The Morgan fingerprint density at radius 1 is 1.47 bits per heavy atom. The highest BCUT2D eigenvalue weighted by atomic mass is 16.5. The molecule has 1 saturated heterocycles. The van der Waals surface area contributed by atoms with Crippen molar-refractivity contribution >= 4 is 0 Å². The lowest BCUT2D eigenvalue weighted by Crippen LogP contribution is -2.40. The molecule has 1 aliphatic rings. The molecular weight excluding hydrogens is 188 g/mol. The zero-order chi connectivity index (χ0) is 11.3. The van der Waals surface area contributed by atoms with Crippen molar-refractivity contribution in [3.8, 4) is 0 Å². The van der Waals surface area contributed by atoms with Crippen molar-refractivity contribution in [1.82, 2.24) is 0 Å². The second-order valence-corrected chi connectivity index (χ2v) is 5.37. The van der Waals surface area contributed by atoms with Crippen LogP contribution in [-0.4, -0.2) is 23.4 Å². The first-order valence-corrected chi connectivity index (χ1v) is 6.40. The van der Waals surface area contributed by atoms with Crippen molar-refractivity contribution < 1.29 is 9.84 Å². The van der Waals surface area contributed by atoms with Gasteiger partial charge in [-0.15, -0.1) is 0 Å². The standard InChI is InChI=1S/C13H26O2/c1-4-12-10-13(14,8-9-15-12)7-5-6-11(2)3/h11-12,14H,4-10H2,1-3H3. The molecule has 1 heterocycles. The van der Waals surface area contributed by atoms with Crippen LogP contribution in [0, 0.1) is 5.92 Å². The average molecular weight is 214 g/mol. The summed E-state index contributed by atoms with van der Waals surface area (Å²) < 4.78 is 5.59. The third kappa shape index (κ3) is 4.52. The van der Waals surface area contributed by atoms with Crippen LogP contribution in [0.1, 0.15) is 59.3 Å². The summed E-state index contributed by atoms with van der Waals surface area (Å²) in [5.74, 6) is 0.746. The molecule has 2 atom stereocenters. The maximum atomic E-state index is 10.4. The van der Waals surface area contributed by atoms with Gasteiger partial charge in [-0.1, -0.05) is 33.6 Å². The molecule has 90 valence electrons. The summed E-state index contributed by atoms with van der Waals surface area (Å²) in [5, 5.41) is 10.4. The van der Waals surface area contributed by atoms with Crippen molar-refractivity contribution in [3.05, 3.63) is 0 Å². The third-order valence-electron chi connectivity index (χ3n) is 3.41. The number of ether oxygens (including phenoxy) is 1. The molecule has 0 aromatic rings. The van der Waals surface area contributed by atoms with Crippen LogP contribution < -0.4 is 0 Å². The molecule has 0 amide bonds. The summed E-state index contributed by atoms with van der Waals surface area (Å²) in [5.41, 5.74) is -0.437. The number of aliphatic hydroxyl groups is 1. The lowest BCUT2D eigenvalue weighted by atomic mass is 9.84. The summed E-state index contributed by atoms with van der Waals surface area (Å²) in [4.78, 5) is 0. The van der Waals surface area contributed by atoms with Gasteiger partial charge >= 0.3 is 0 Å². The second-order valence-electron chi connectivity index (χ2n) is 5.37. The maximum absolute atomic E-state index is 10.4. The molecule has 1 fully saturated rings. The van der Waals surface area contributed by atoms with Crippen LogP contribution >= 0.6 is 0 Å². The Labute approximate surface area is 94.0 Å². The van der Waals surface area contributed by atoms with Crippen LogP contribution in [0.25, 0.3) is 0 Å². The van der Waals surface area contributed by atoms with E-state index in [0.717, 1.165) is 44.6 Å². The fourth-order valence-corrected chi connectivity index (χ4v) is 2.33. The van der Waals surface area contributed by atoms with Gasteiger partial charge in [0.2, 0.25) is 0 Å². The predicted molar refractivity (Wildman–Crippen MR) is 62.9 cm³/mol. The second kappa shape index (κ2) is 5.86. The van der Waals surface area contributed by atoms with Crippen molar-refractivity contribution in [2.45, 2.75) is 71.0 Å². The van der Waals surface area contributed by atoms with Gasteiger partial charge in [-0.3, -0.25) is 0 Å². The van der Waals surface area contributed by atoms with E-state index in [1.54, 1.807) is 0 Å². The van der Waals surface area contributed by atoms with E-state index in [4.69, 9.17) is 4.74 Å². The van der Waals surface area contributed by atoms with E-state index in [1.807, 2.05) is 0 Å². The molecule has 0 saturated carbocycles. The van der Waals surface area contributed by atoms with Crippen LogP contribution in [0.3, 0.4) is 0 Å². The van der Waals surface area contributed by atoms with E-state index in [0.29, 0.717) is 0 Å². The molecule has 2 heteroatoms. The van der Waals surface area contributed by atoms with Crippen LogP contribution in [0.15, 0.2) is 0 Å². The molecule has 1 rings (SSSR count). The van der Waals surface area contributed by atoms with Gasteiger partial charge in [-0.2, -0.15) is 0 Å². The van der Waals surface area contributed by atoms with Crippen molar-refractivity contribution in [3.63, 3.8) is 0 Å². The van der Waals surface area contributed by atoms with Crippen LogP contribution in [-0.2, 0) is 4.74 Å². The lowest BCUT2D eigenvalue weighted by molar-refractivity contribution is -0.108. The highest BCUT2D eigenvalue weighted by Crippen LogP contribution is 2.31. The Hall–Kier alpha value is -0.0800. The molecule has 15 heavy (non-hydrogen) atoms. The minimum absolute atomic E-state index is 0.280. The minimum atomic E-state index is -0.437. The van der Waals surface area contributed by atoms with Gasteiger partial charge < -0.3 is 9.84 Å². The smallest absolute Gasteiger partial charge is 0.0694 e. The zero-order valence-corrected chi connectivity index (χ0v) is 10.5. The topological polar surface area (TPSA) is 29.5 Å². The molecule has 0 aliphatic carbocycles. The fraction of sp³-hybridized carbons (Fsp3) is 1.00. The molecule has 0 aromatic carbocycles. The first kappa shape index (κ1) is 13.0. The van der Waals surface area contributed by atoms with Gasteiger partial charge in [0.15, 0.2) is 0 Å². The molecule has 2 nitrogen and oxygen atoms in total. The predicted octanol–water partition coefficient (Wildman–Crippen LogP) is 3.13.